The van der Waals surface area contributed by atoms with Crippen LogP contribution in [0.1, 0.15) is 20.3 Å². The lowest BCUT2D eigenvalue weighted by molar-refractivity contribution is -0.141. The van der Waals surface area contributed by atoms with Crippen molar-refractivity contribution in [3.05, 3.63) is 0 Å². The Labute approximate surface area is 78.3 Å². The summed E-state index contributed by atoms with van der Waals surface area (Å²) in [6.45, 7) is 3.03. The molecule has 0 aliphatic carbocycles. The lowest BCUT2D eigenvalue weighted by atomic mass is 9.92. The highest BCUT2D eigenvalue weighted by Gasteiger charge is 2.35. The van der Waals surface area contributed by atoms with Crippen molar-refractivity contribution < 1.29 is 19.7 Å². The van der Waals surface area contributed by atoms with Crippen molar-refractivity contribution in [3.63, 3.8) is 0 Å². The summed E-state index contributed by atoms with van der Waals surface area (Å²) in [6.07, 6.45) is -1.23. The molecule has 0 aromatic rings. The summed E-state index contributed by atoms with van der Waals surface area (Å²) >= 11 is 0. The Morgan fingerprint density at radius 3 is 2.23 bits per heavy atom. The Bertz CT molecular complexity index is 151. The summed E-state index contributed by atoms with van der Waals surface area (Å²) in [5.74, 6) is 0. The largest absolute Gasteiger partial charge is 0.391 e. The summed E-state index contributed by atoms with van der Waals surface area (Å²) in [4.78, 5) is 10.2. The topological polar surface area (TPSA) is 102 Å². The van der Waals surface area contributed by atoms with E-state index in [-0.39, 0.29) is 12.6 Å². The van der Waals surface area contributed by atoms with E-state index in [1.807, 2.05) is 0 Å². The van der Waals surface area contributed by atoms with Crippen molar-refractivity contribution in [2.75, 3.05) is 7.11 Å². The summed E-state index contributed by atoms with van der Waals surface area (Å²) in [6, 6.07) is 0. The Kier molecular flexibility index (Phi) is 6.97. The molecule has 5 heteroatoms. The van der Waals surface area contributed by atoms with E-state index in [1.54, 1.807) is 6.92 Å². The van der Waals surface area contributed by atoms with E-state index in [9.17, 15) is 9.90 Å². The highest BCUT2D eigenvalue weighted by Crippen LogP contribution is 2.20. The monoisotopic (exact) mass is 193 g/mol. The first kappa shape index (κ1) is 15.0. The standard InChI is InChI=1S/C8H16O4.H3N/c1-6(10)7(11)8(2,12-3)4-5-9;/h5-7,10-11H,4H2,1-3H3;1H3. The van der Waals surface area contributed by atoms with Crippen LogP contribution in [0.4, 0.5) is 0 Å². The van der Waals surface area contributed by atoms with Crippen LogP contribution in [-0.4, -0.2) is 41.4 Å². The first-order valence-corrected chi connectivity index (χ1v) is 3.83. The van der Waals surface area contributed by atoms with Crippen molar-refractivity contribution in [2.45, 2.75) is 38.1 Å². The molecule has 3 unspecified atom stereocenters. The summed E-state index contributed by atoms with van der Waals surface area (Å²) in [5.41, 5.74) is -0.990. The van der Waals surface area contributed by atoms with Crippen molar-refractivity contribution >= 4 is 6.29 Å². The average molecular weight is 193 g/mol. The molecule has 80 valence electrons. The van der Waals surface area contributed by atoms with Gasteiger partial charge in [-0.2, -0.15) is 0 Å². The molecule has 0 rings (SSSR count). The fraction of sp³-hybridized carbons (Fsp3) is 0.875. The van der Waals surface area contributed by atoms with E-state index in [4.69, 9.17) is 9.84 Å². The Hall–Kier alpha value is -0.490. The van der Waals surface area contributed by atoms with Crippen LogP contribution in [0.2, 0.25) is 0 Å². The van der Waals surface area contributed by atoms with Gasteiger partial charge in [-0.15, -0.1) is 0 Å². The van der Waals surface area contributed by atoms with Gasteiger partial charge in [0.05, 0.1) is 11.7 Å². The normalized spacial score (nSPS) is 19.5. The number of hydrogen-bond donors (Lipinski definition) is 3. The number of aliphatic hydroxyl groups is 2. The molecule has 0 saturated heterocycles. The van der Waals surface area contributed by atoms with Crippen molar-refractivity contribution in [3.8, 4) is 0 Å². The minimum atomic E-state index is -1.05. The lowest BCUT2D eigenvalue weighted by Crippen LogP contribution is -2.47. The van der Waals surface area contributed by atoms with Crippen molar-refractivity contribution in [1.29, 1.82) is 0 Å². The van der Waals surface area contributed by atoms with E-state index < -0.39 is 17.8 Å². The summed E-state index contributed by atoms with van der Waals surface area (Å²) in [5, 5.41) is 18.5. The van der Waals surface area contributed by atoms with Crippen LogP contribution in [0.25, 0.3) is 0 Å². The van der Waals surface area contributed by atoms with Gasteiger partial charge in [0.1, 0.15) is 12.4 Å². The predicted octanol–water partition coefficient (Wildman–Crippen LogP) is -0.116. The number of carbonyl (C=O) groups excluding carboxylic acids is 1. The molecule has 0 amide bonds. The molecular formula is C8H19NO4. The molecule has 0 heterocycles. The highest BCUT2D eigenvalue weighted by atomic mass is 16.5. The smallest absolute Gasteiger partial charge is 0.122 e. The third-order valence-electron chi connectivity index (χ3n) is 2.04. The third-order valence-corrected chi connectivity index (χ3v) is 2.04. The first-order valence-electron chi connectivity index (χ1n) is 3.83. The minimum absolute atomic E-state index is 0. The van der Waals surface area contributed by atoms with Gasteiger partial charge in [0, 0.05) is 13.5 Å². The highest BCUT2D eigenvalue weighted by molar-refractivity contribution is 5.51. The Morgan fingerprint density at radius 1 is 1.54 bits per heavy atom. The molecule has 5 N–H and O–H groups in total. The minimum Gasteiger partial charge on any atom is -0.391 e. The van der Waals surface area contributed by atoms with Crippen LogP contribution < -0.4 is 6.15 Å². The first-order chi connectivity index (χ1) is 5.48. The molecule has 0 aliphatic rings. The van der Waals surface area contributed by atoms with Gasteiger partial charge in [0.15, 0.2) is 0 Å². The number of aliphatic hydroxyl groups excluding tert-OH is 2. The maximum atomic E-state index is 10.2. The third kappa shape index (κ3) is 3.82. The Balaban J connectivity index is 0. The van der Waals surface area contributed by atoms with Crippen LogP contribution in [-0.2, 0) is 9.53 Å². The summed E-state index contributed by atoms with van der Waals surface area (Å²) in [7, 11) is 1.40. The van der Waals surface area contributed by atoms with Crippen LogP contribution in [0, 0.1) is 0 Å². The van der Waals surface area contributed by atoms with Gasteiger partial charge in [0.2, 0.25) is 0 Å². The number of ether oxygens (including phenoxy) is 1. The average Bonchev–Trinajstić information content (AvgIpc) is 2.03. The van der Waals surface area contributed by atoms with Crippen LogP contribution in [0.15, 0.2) is 0 Å². The fourth-order valence-electron chi connectivity index (χ4n) is 1.00. The van der Waals surface area contributed by atoms with Gasteiger partial charge >= 0.3 is 0 Å². The molecule has 0 aliphatic heterocycles. The van der Waals surface area contributed by atoms with E-state index in [2.05, 4.69) is 0 Å². The second kappa shape index (κ2) is 6.04. The van der Waals surface area contributed by atoms with Crippen molar-refractivity contribution in [2.24, 2.45) is 0 Å². The molecule has 0 spiro atoms. The molecule has 0 radical (unpaired) electrons. The quantitative estimate of drug-likeness (QED) is 0.528. The zero-order valence-corrected chi connectivity index (χ0v) is 8.36. The fourth-order valence-corrected chi connectivity index (χ4v) is 1.00. The molecule has 0 saturated carbocycles. The van der Waals surface area contributed by atoms with E-state index in [1.165, 1.54) is 14.0 Å². The number of rotatable bonds is 5. The number of carbonyl (C=O) groups is 1. The van der Waals surface area contributed by atoms with E-state index in [0.29, 0.717) is 6.29 Å². The summed E-state index contributed by atoms with van der Waals surface area (Å²) < 4.78 is 4.96. The van der Waals surface area contributed by atoms with Gasteiger partial charge in [-0.1, -0.05) is 0 Å². The van der Waals surface area contributed by atoms with E-state index >= 15 is 0 Å². The molecule has 13 heavy (non-hydrogen) atoms. The van der Waals surface area contributed by atoms with Gasteiger partial charge in [0.25, 0.3) is 0 Å². The van der Waals surface area contributed by atoms with Crippen LogP contribution in [0.3, 0.4) is 0 Å². The number of methoxy groups -OCH3 is 1. The molecule has 5 nitrogen and oxygen atoms in total. The second-order valence-electron chi connectivity index (χ2n) is 3.07. The van der Waals surface area contributed by atoms with E-state index in [0.717, 1.165) is 0 Å². The zero-order valence-electron chi connectivity index (χ0n) is 8.36. The molecular weight excluding hydrogens is 174 g/mol. The SMILES string of the molecule is COC(C)(CC=O)C(O)C(C)O.N. The van der Waals surface area contributed by atoms with Gasteiger partial charge in [-0.3, -0.25) is 0 Å². The predicted molar refractivity (Wildman–Crippen MR) is 48.8 cm³/mol. The van der Waals surface area contributed by atoms with Crippen LogP contribution >= 0.6 is 0 Å². The number of aldehydes is 1. The van der Waals surface area contributed by atoms with Crippen molar-refractivity contribution in [1.82, 2.24) is 6.15 Å². The molecule has 0 bridgehead atoms. The molecule has 0 fully saturated rings. The maximum absolute atomic E-state index is 10.2. The molecule has 0 aromatic carbocycles. The maximum Gasteiger partial charge on any atom is 0.122 e. The van der Waals surface area contributed by atoms with Crippen LogP contribution in [0.5, 0.6) is 0 Å². The Morgan fingerprint density at radius 2 is 2.00 bits per heavy atom. The molecule has 0 aromatic heterocycles. The zero-order chi connectivity index (χ0) is 9.78. The number of hydrogen-bond acceptors (Lipinski definition) is 5. The molecule has 3 atom stereocenters. The van der Waals surface area contributed by atoms with Gasteiger partial charge in [-0.25, -0.2) is 0 Å². The van der Waals surface area contributed by atoms with Gasteiger partial charge in [-0.05, 0) is 13.8 Å². The lowest BCUT2D eigenvalue weighted by Gasteiger charge is -2.33. The second-order valence-corrected chi connectivity index (χ2v) is 3.07. The van der Waals surface area contributed by atoms with Gasteiger partial charge < -0.3 is 25.9 Å².